The monoisotopic (exact) mass is 527 g/mol. The molecule has 2 fully saturated rings. The lowest BCUT2D eigenvalue weighted by atomic mass is 9.94. The minimum atomic E-state index is -3.81. The molecule has 2 heterocycles. The molecule has 1 N–H and O–H groups in total. The third kappa shape index (κ3) is 5.62. The number of hydrogen-bond acceptors (Lipinski definition) is 7. The van der Waals surface area contributed by atoms with Gasteiger partial charge in [0.1, 0.15) is 5.76 Å². The number of rotatable bonds is 8. The highest BCUT2D eigenvalue weighted by Gasteiger charge is 2.45. The van der Waals surface area contributed by atoms with Crippen molar-refractivity contribution < 1.29 is 27.9 Å². The molecule has 2 aromatic carbocycles. The van der Waals surface area contributed by atoms with Gasteiger partial charge in [-0.2, -0.15) is 4.31 Å². The minimum Gasteiger partial charge on any atom is -0.507 e. The zero-order chi connectivity index (χ0) is 26.7. The van der Waals surface area contributed by atoms with Crippen LogP contribution in [0.2, 0.25) is 0 Å². The van der Waals surface area contributed by atoms with Crippen LogP contribution >= 0.6 is 0 Å². The van der Waals surface area contributed by atoms with Gasteiger partial charge in [-0.25, -0.2) is 8.42 Å². The van der Waals surface area contributed by atoms with Crippen molar-refractivity contribution >= 4 is 27.5 Å². The molecule has 0 bridgehead atoms. The number of benzene rings is 2. The third-order valence-corrected chi connectivity index (χ3v) is 8.55. The van der Waals surface area contributed by atoms with Crippen LogP contribution in [0.25, 0.3) is 5.76 Å². The molecule has 0 aliphatic carbocycles. The van der Waals surface area contributed by atoms with Crippen molar-refractivity contribution in [3.63, 3.8) is 0 Å². The van der Waals surface area contributed by atoms with Crippen LogP contribution in [0.1, 0.15) is 29.2 Å². The molecule has 0 saturated carbocycles. The van der Waals surface area contributed by atoms with Crippen molar-refractivity contribution in [2.75, 3.05) is 53.5 Å². The Morgan fingerprint density at radius 3 is 2.41 bits per heavy atom. The molecule has 198 valence electrons. The molecule has 1 unspecified atom stereocenters. The predicted molar refractivity (Wildman–Crippen MR) is 139 cm³/mol. The Hall–Kier alpha value is -3.05. The average molecular weight is 528 g/mol. The molecule has 0 spiro atoms. The lowest BCUT2D eigenvalue weighted by Crippen LogP contribution is -2.40. The van der Waals surface area contributed by atoms with Crippen LogP contribution in [0.15, 0.2) is 59.0 Å². The fraction of sp³-hybridized carbons (Fsp3) is 0.407. The summed E-state index contributed by atoms with van der Waals surface area (Å²) in [5, 5.41) is 11.4. The van der Waals surface area contributed by atoms with Crippen LogP contribution < -0.4 is 0 Å². The summed E-state index contributed by atoms with van der Waals surface area (Å²) in [5.74, 6) is -1.85. The van der Waals surface area contributed by atoms with Crippen LogP contribution in [0, 0.1) is 6.92 Å². The summed E-state index contributed by atoms with van der Waals surface area (Å²) in [7, 11) is 0.0535. The molecule has 2 saturated heterocycles. The fourth-order valence-electron chi connectivity index (χ4n) is 4.66. The minimum absolute atomic E-state index is 0.00514. The quantitative estimate of drug-likeness (QED) is 0.319. The molecule has 2 aromatic rings. The number of carbonyl (C=O) groups excluding carboxylic acids is 2. The Labute approximate surface area is 218 Å². The van der Waals surface area contributed by atoms with Crippen LogP contribution in [0.4, 0.5) is 0 Å². The second-order valence-corrected chi connectivity index (χ2v) is 11.5. The first-order chi connectivity index (χ1) is 17.6. The molecule has 2 aliphatic heterocycles. The zero-order valence-corrected chi connectivity index (χ0v) is 22.2. The van der Waals surface area contributed by atoms with E-state index in [1.54, 1.807) is 6.07 Å². The molecule has 1 amide bonds. The molecule has 2 aliphatic rings. The van der Waals surface area contributed by atoms with Gasteiger partial charge in [-0.05, 0) is 51.7 Å². The van der Waals surface area contributed by atoms with Gasteiger partial charge >= 0.3 is 0 Å². The molecular weight excluding hydrogens is 494 g/mol. The van der Waals surface area contributed by atoms with Crippen molar-refractivity contribution in [1.82, 2.24) is 14.1 Å². The smallest absolute Gasteiger partial charge is 0.295 e. The zero-order valence-electron chi connectivity index (χ0n) is 21.4. The number of Topliss-reactive ketones (excluding diaryl/α,β-unsaturated/α-hetero) is 1. The van der Waals surface area contributed by atoms with E-state index in [2.05, 4.69) is 0 Å². The van der Waals surface area contributed by atoms with Gasteiger partial charge in [-0.15, -0.1) is 0 Å². The molecule has 4 rings (SSSR count). The number of ketones is 1. The summed E-state index contributed by atoms with van der Waals surface area (Å²) in [6.07, 6.45) is 0.649. The number of nitrogens with zero attached hydrogens (tertiary/aromatic N) is 3. The summed E-state index contributed by atoms with van der Waals surface area (Å²) < 4.78 is 33.0. The maximum Gasteiger partial charge on any atom is 0.295 e. The first-order valence-electron chi connectivity index (χ1n) is 12.3. The largest absolute Gasteiger partial charge is 0.507 e. The van der Waals surface area contributed by atoms with Crippen molar-refractivity contribution in [1.29, 1.82) is 0 Å². The number of carbonyl (C=O) groups is 2. The van der Waals surface area contributed by atoms with Crippen LogP contribution in [0.5, 0.6) is 0 Å². The highest BCUT2D eigenvalue weighted by Crippen LogP contribution is 2.39. The lowest BCUT2D eigenvalue weighted by Gasteiger charge is -2.26. The van der Waals surface area contributed by atoms with E-state index in [0.717, 1.165) is 12.1 Å². The Morgan fingerprint density at radius 1 is 1.08 bits per heavy atom. The van der Waals surface area contributed by atoms with Gasteiger partial charge in [-0.3, -0.25) is 9.59 Å². The average Bonchev–Trinajstić information content (AvgIpc) is 3.14. The fourth-order valence-corrected chi connectivity index (χ4v) is 6.11. The number of aryl methyl sites for hydroxylation is 1. The Balaban J connectivity index is 1.77. The summed E-state index contributed by atoms with van der Waals surface area (Å²) >= 11 is 0. The molecule has 9 nitrogen and oxygen atoms in total. The number of morpholine rings is 1. The van der Waals surface area contributed by atoms with E-state index < -0.39 is 33.5 Å². The van der Waals surface area contributed by atoms with Crippen LogP contribution in [-0.2, 0) is 24.3 Å². The topological polar surface area (TPSA) is 107 Å². The molecule has 37 heavy (non-hydrogen) atoms. The molecular formula is C27H33N3O6S. The molecule has 0 radical (unpaired) electrons. The summed E-state index contributed by atoms with van der Waals surface area (Å²) in [4.78, 5) is 29.9. The highest BCUT2D eigenvalue weighted by atomic mass is 32.2. The van der Waals surface area contributed by atoms with Gasteiger partial charge in [0, 0.05) is 25.2 Å². The summed E-state index contributed by atoms with van der Waals surface area (Å²) in [6, 6.07) is 12.6. The van der Waals surface area contributed by atoms with E-state index in [9.17, 15) is 23.1 Å². The lowest BCUT2D eigenvalue weighted by molar-refractivity contribution is -0.139. The number of likely N-dealkylation sites (tertiary alicyclic amines) is 1. The summed E-state index contributed by atoms with van der Waals surface area (Å²) in [6.45, 7) is 4.11. The van der Waals surface area contributed by atoms with Gasteiger partial charge in [-0.1, -0.05) is 42.0 Å². The SMILES string of the molecule is Cc1ccc(C2C(=C(O)c3cccc(S(=O)(=O)N4CCOCC4)c3)C(=O)C(=O)N2CCCN(C)C)cc1. The van der Waals surface area contributed by atoms with E-state index in [1.807, 2.05) is 50.2 Å². The number of aliphatic hydroxyl groups is 1. The number of amides is 1. The highest BCUT2D eigenvalue weighted by molar-refractivity contribution is 7.89. The van der Waals surface area contributed by atoms with E-state index in [0.29, 0.717) is 31.7 Å². The van der Waals surface area contributed by atoms with Gasteiger partial charge in [0.2, 0.25) is 10.0 Å². The first kappa shape index (κ1) is 27.0. The van der Waals surface area contributed by atoms with E-state index >= 15 is 0 Å². The second-order valence-electron chi connectivity index (χ2n) is 9.60. The number of hydrogen-bond donors (Lipinski definition) is 1. The predicted octanol–water partition coefficient (Wildman–Crippen LogP) is 2.39. The normalized spacial score (nSPS) is 20.6. The maximum absolute atomic E-state index is 13.2. The Kier molecular flexibility index (Phi) is 8.13. The van der Waals surface area contributed by atoms with Crippen molar-refractivity contribution in [3.05, 3.63) is 70.8 Å². The number of ether oxygens (including phenoxy) is 1. The van der Waals surface area contributed by atoms with Crippen LogP contribution in [-0.4, -0.2) is 92.8 Å². The van der Waals surface area contributed by atoms with Crippen molar-refractivity contribution in [3.8, 4) is 0 Å². The van der Waals surface area contributed by atoms with Gasteiger partial charge in [0.25, 0.3) is 11.7 Å². The maximum atomic E-state index is 13.2. The van der Waals surface area contributed by atoms with E-state index in [1.165, 1.54) is 27.4 Å². The number of sulfonamides is 1. The Morgan fingerprint density at radius 2 is 1.76 bits per heavy atom. The standard InChI is InChI=1S/C27H33N3O6S/c1-19-8-10-20(11-9-19)24-23(26(32)27(33)30(24)13-5-12-28(2)3)25(31)21-6-4-7-22(18-21)37(34,35)29-14-16-36-17-15-29/h4,6-11,18,24,31H,5,12-17H2,1-3H3. The molecule has 0 aromatic heterocycles. The Bertz CT molecular complexity index is 1300. The first-order valence-corrected chi connectivity index (χ1v) is 13.7. The van der Waals surface area contributed by atoms with Crippen molar-refractivity contribution in [2.45, 2.75) is 24.3 Å². The van der Waals surface area contributed by atoms with Crippen LogP contribution in [0.3, 0.4) is 0 Å². The number of aliphatic hydroxyl groups excluding tert-OH is 1. The molecule has 10 heteroatoms. The molecule has 1 atom stereocenters. The summed E-state index contributed by atoms with van der Waals surface area (Å²) in [5.41, 5.74) is 1.85. The van der Waals surface area contributed by atoms with E-state index in [4.69, 9.17) is 4.74 Å². The van der Waals surface area contributed by atoms with Gasteiger partial charge in [0.05, 0.1) is 29.7 Å². The van der Waals surface area contributed by atoms with E-state index in [-0.39, 0.29) is 29.1 Å². The third-order valence-electron chi connectivity index (χ3n) is 6.65. The van der Waals surface area contributed by atoms with Gasteiger partial charge < -0.3 is 19.6 Å². The van der Waals surface area contributed by atoms with Gasteiger partial charge in [0.15, 0.2) is 0 Å². The second kappa shape index (κ2) is 11.1. The van der Waals surface area contributed by atoms with Crippen molar-refractivity contribution in [2.24, 2.45) is 0 Å².